The molecule has 3 nitrogen and oxygen atoms in total. The third-order valence-electron chi connectivity index (χ3n) is 7.47. The van der Waals surface area contributed by atoms with Crippen molar-refractivity contribution >= 4 is 0 Å². The van der Waals surface area contributed by atoms with Gasteiger partial charge in [0.2, 0.25) is 0 Å². The zero-order valence-electron chi connectivity index (χ0n) is 25.4. The predicted octanol–water partition coefficient (Wildman–Crippen LogP) is 10.9. The van der Waals surface area contributed by atoms with E-state index in [-0.39, 0.29) is 12.8 Å². The summed E-state index contributed by atoms with van der Waals surface area (Å²) >= 11 is 0. The molecule has 0 radical (unpaired) electrons. The molecule has 0 amide bonds. The molecule has 1 atom stereocenters. The molecule has 0 fully saturated rings. The van der Waals surface area contributed by atoms with Crippen LogP contribution < -0.4 is 0 Å². The van der Waals surface area contributed by atoms with Crippen LogP contribution in [0.4, 0.5) is 74.6 Å². The molecule has 278 valence electrons. The van der Waals surface area contributed by atoms with Crippen LogP contribution in [0.2, 0.25) is 0 Å². The van der Waals surface area contributed by atoms with E-state index in [0.29, 0.717) is 26.2 Å². The summed E-state index contributed by atoms with van der Waals surface area (Å²) in [6.07, 6.45) is -9.41. The summed E-state index contributed by atoms with van der Waals surface area (Å²) in [6.45, 7) is 3.21. The number of halogens is 17. The van der Waals surface area contributed by atoms with Crippen molar-refractivity contribution in [2.45, 2.75) is 140 Å². The standard InChI is InChI=1S/C26H37F17O3/c1-6-11-12-13-14-15-16-17(7-2,26(44-8-3,45-9-4)46-10-5)18(27,28)19(29,30)20(31,32)21(33,34)22(35,36)23(37,38)24(39,40)25(41,42)43/h6-16H2,1-5H3. The minimum atomic E-state index is -8.72. The van der Waals surface area contributed by atoms with Crippen molar-refractivity contribution in [2.75, 3.05) is 19.8 Å². The summed E-state index contributed by atoms with van der Waals surface area (Å²) in [5, 5.41) is 0. The highest BCUT2D eigenvalue weighted by Gasteiger charge is 2.96. The Labute approximate surface area is 254 Å². The highest BCUT2D eigenvalue weighted by atomic mass is 19.4. The third-order valence-corrected chi connectivity index (χ3v) is 7.47. The van der Waals surface area contributed by atoms with E-state index in [1.807, 2.05) is 0 Å². The summed E-state index contributed by atoms with van der Waals surface area (Å²) < 4.78 is 257. The quantitative estimate of drug-likeness (QED) is 0.0633. The summed E-state index contributed by atoms with van der Waals surface area (Å²) in [4.78, 5) is 0. The van der Waals surface area contributed by atoms with Crippen molar-refractivity contribution in [3.05, 3.63) is 0 Å². The number of hydrogen-bond acceptors (Lipinski definition) is 3. The molecule has 0 bridgehead atoms. The van der Waals surface area contributed by atoms with E-state index >= 15 is 17.6 Å². The van der Waals surface area contributed by atoms with E-state index < -0.39 is 98.1 Å². The minimum Gasteiger partial charge on any atom is -0.327 e. The smallest absolute Gasteiger partial charge is 0.327 e. The van der Waals surface area contributed by atoms with Gasteiger partial charge in [-0.15, -0.1) is 0 Å². The largest absolute Gasteiger partial charge is 0.460 e. The van der Waals surface area contributed by atoms with Crippen LogP contribution in [0, 0.1) is 5.41 Å². The Morgan fingerprint density at radius 2 is 0.674 bits per heavy atom. The van der Waals surface area contributed by atoms with Gasteiger partial charge in [0.25, 0.3) is 5.97 Å². The lowest BCUT2D eigenvalue weighted by Gasteiger charge is -2.54. The second-order valence-electron chi connectivity index (χ2n) is 10.3. The van der Waals surface area contributed by atoms with Gasteiger partial charge >= 0.3 is 47.6 Å². The Bertz CT molecular complexity index is 920. The van der Waals surface area contributed by atoms with Gasteiger partial charge in [0.1, 0.15) is 5.41 Å². The van der Waals surface area contributed by atoms with E-state index in [1.54, 1.807) is 6.92 Å². The topological polar surface area (TPSA) is 27.7 Å². The van der Waals surface area contributed by atoms with Gasteiger partial charge in [-0.2, -0.15) is 74.6 Å². The lowest BCUT2D eigenvalue weighted by atomic mass is 9.67. The van der Waals surface area contributed by atoms with Gasteiger partial charge in [0.05, 0.1) is 0 Å². The zero-order valence-corrected chi connectivity index (χ0v) is 25.4. The Kier molecular flexibility index (Phi) is 14.6. The molecule has 0 aliphatic rings. The molecular weight excluding hydrogens is 683 g/mol. The van der Waals surface area contributed by atoms with E-state index in [4.69, 9.17) is 14.2 Å². The first-order valence-corrected chi connectivity index (χ1v) is 14.2. The molecule has 0 saturated heterocycles. The Morgan fingerprint density at radius 1 is 0.370 bits per heavy atom. The van der Waals surface area contributed by atoms with E-state index in [1.165, 1.54) is 0 Å². The fourth-order valence-electron chi connectivity index (χ4n) is 4.90. The van der Waals surface area contributed by atoms with Crippen LogP contribution in [0.3, 0.4) is 0 Å². The van der Waals surface area contributed by atoms with Crippen molar-refractivity contribution < 1.29 is 88.8 Å². The van der Waals surface area contributed by atoms with Crippen molar-refractivity contribution in [3.8, 4) is 0 Å². The van der Waals surface area contributed by atoms with E-state index in [2.05, 4.69) is 0 Å². The minimum absolute atomic E-state index is 0.0901. The van der Waals surface area contributed by atoms with Gasteiger partial charge in [-0.25, -0.2) is 0 Å². The Balaban J connectivity index is 7.64. The highest BCUT2D eigenvalue weighted by molar-refractivity contribution is 5.18. The highest BCUT2D eigenvalue weighted by Crippen LogP contribution is 2.68. The maximum Gasteiger partial charge on any atom is 0.460 e. The second kappa shape index (κ2) is 15.1. The van der Waals surface area contributed by atoms with Crippen LogP contribution in [-0.2, 0) is 14.2 Å². The van der Waals surface area contributed by atoms with Crippen LogP contribution in [0.25, 0.3) is 0 Å². The molecule has 46 heavy (non-hydrogen) atoms. The predicted molar refractivity (Wildman–Crippen MR) is 129 cm³/mol. The summed E-state index contributed by atoms with van der Waals surface area (Å²) in [7, 11) is 0. The molecule has 0 heterocycles. The molecule has 0 aromatic rings. The molecule has 0 aromatic heterocycles. The summed E-state index contributed by atoms with van der Waals surface area (Å²) in [5.74, 6) is -60.9. The molecule has 0 aliphatic heterocycles. The number of hydrogen-bond donors (Lipinski definition) is 0. The Morgan fingerprint density at radius 3 is 0.978 bits per heavy atom. The first-order chi connectivity index (χ1) is 20.6. The normalized spacial score (nSPS) is 16.6. The van der Waals surface area contributed by atoms with Gasteiger partial charge in [-0.1, -0.05) is 52.4 Å². The fourth-order valence-corrected chi connectivity index (χ4v) is 4.90. The lowest BCUT2D eigenvalue weighted by molar-refractivity contribution is -0.498. The lowest BCUT2D eigenvalue weighted by Crippen LogP contribution is -2.77. The van der Waals surface area contributed by atoms with Crippen molar-refractivity contribution in [1.29, 1.82) is 0 Å². The van der Waals surface area contributed by atoms with E-state index in [9.17, 15) is 57.1 Å². The van der Waals surface area contributed by atoms with Crippen molar-refractivity contribution in [1.82, 2.24) is 0 Å². The van der Waals surface area contributed by atoms with Crippen LogP contribution in [0.1, 0.15) is 86.0 Å². The summed E-state index contributed by atoms with van der Waals surface area (Å²) in [5.41, 5.74) is -4.04. The van der Waals surface area contributed by atoms with Crippen LogP contribution >= 0.6 is 0 Å². The monoisotopic (exact) mass is 720 g/mol. The molecule has 0 rings (SSSR count). The van der Waals surface area contributed by atoms with Gasteiger partial charge in [-0.05, 0) is 33.6 Å². The number of rotatable bonds is 22. The van der Waals surface area contributed by atoms with Crippen LogP contribution in [-0.4, -0.2) is 73.4 Å². The summed E-state index contributed by atoms with van der Waals surface area (Å²) in [6, 6.07) is 0. The molecule has 0 aromatic carbocycles. The first-order valence-electron chi connectivity index (χ1n) is 14.2. The van der Waals surface area contributed by atoms with Gasteiger partial charge in [-0.3, -0.25) is 0 Å². The van der Waals surface area contributed by atoms with Crippen molar-refractivity contribution in [2.24, 2.45) is 5.41 Å². The zero-order chi connectivity index (χ0) is 36.9. The molecule has 1 unspecified atom stereocenters. The third kappa shape index (κ3) is 6.90. The van der Waals surface area contributed by atoms with E-state index in [0.717, 1.165) is 20.8 Å². The van der Waals surface area contributed by atoms with Crippen LogP contribution in [0.5, 0.6) is 0 Å². The first kappa shape index (κ1) is 44.7. The van der Waals surface area contributed by atoms with Crippen molar-refractivity contribution in [3.63, 3.8) is 0 Å². The van der Waals surface area contributed by atoms with Gasteiger partial charge in [0.15, 0.2) is 0 Å². The number of alkyl halides is 17. The molecular formula is C26H37F17O3. The SMILES string of the molecule is CCCCCCCCC(CC)(C(OCC)(OCC)OCC)C(F)(F)C(F)(F)C(F)(F)C(F)(F)C(F)(F)C(F)(F)C(F)(F)C(F)(F)F. The molecule has 0 saturated carbocycles. The molecule has 0 spiro atoms. The molecule has 20 heteroatoms. The average molecular weight is 721 g/mol. The number of ether oxygens (including phenoxy) is 3. The number of unbranched alkanes of at least 4 members (excludes halogenated alkanes) is 5. The van der Waals surface area contributed by atoms with Gasteiger partial charge < -0.3 is 14.2 Å². The maximum absolute atomic E-state index is 16.2. The van der Waals surface area contributed by atoms with Crippen LogP contribution in [0.15, 0.2) is 0 Å². The maximum atomic E-state index is 16.2. The second-order valence-corrected chi connectivity index (χ2v) is 10.3. The van der Waals surface area contributed by atoms with Gasteiger partial charge in [0, 0.05) is 19.8 Å². The Hall–Kier alpha value is -1.31. The molecule has 0 aliphatic carbocycles. The average Bonchev–Trinajstić information content (AvgIpc) is 2.91. The fraction of sp³-hybridized carbons (Fsp3) is 1.00. The molecule has 0 N–H and O–H groups in total.